The lowest BCUT2D eigenvalue weighted by Gasteiger charge is -2.34. The zero-order valence-electron chi connectivity index (χ0n) is 38.3. The second-order valence-corrected chi connectivity index (χ2v) is 18.7. The highest BCUT2D eigenvalue weighted by atomic mass is 16.3. The first-order chi connectivity index (χ1) is 35.2. The molecule has 0 fully saturated rings. The molecule has 1 aliphatic carbocycles. The third-order valence-electron chi connectivity index (χ3n) is 14.9. The molecule has 0 bridgehead atoms. The van der Waals surface area contributed by atoms with Crippen LogP contribution in [0, 0.1) is 0 Å². The lowest BCUT2D eigenvalue weighted by Crippen LogP contribution is -2.28. The van der Waals surface area contributed by atoms with Crippen molar-refractivity contribution in [3.05, 3.63) is 271 Å². The van der Waals surface area contributed by atoms with Crippen LogP contribution in [0.15, 0.2) is 262 Å². The fourth-order valence-corrected chi connectivity index (χ4v) is 11.9. The number of anilines is 3. The van der Waals surface area contributed by atoms with Crippen molar-refractivity contribution in [2.45, 2.75) is 5.41 Å². The van der Waals surface area contributed by atoms with E-state index in [1.807, 2.05) is 18.2 Å². The number of nitrogens with zero attached hydrogens (tertiary/aromatic N) is 1. The van der Waals surface area contributed by atoms with Crippen molar-refractivity contribution in [2.24, 2.45) is 0 Å². The summed E-state index contributed by atoms with van der Waals surface area (Å²) in [6.07, 6.45) is 0. The lowest BCUT2D eigenvalue weighted by molar-refractivity contribution is 0.664. The van der Waals surface area contributed by atoms with Crippen molar-refractivity contribution in [3.63, 3.8) is 0 Å². The van der Waals surface area contributed by atoms with E-state index in [1.165, 1.54) is 33.4 Å². The molecule has 0 saturated carbocycles. The van der Waals surface area contributed by atoms with Gasteiger partial charge in [-0.15, -0.1) is 0 Å². The zero-order valence-corrected chi connectivity index (χ0v) is 38.3. The molecule has 1 aliphatic rings. The minimum absolute atomic E-state index is 0.567. The van der Waals surface area contributed by atoms with Crippen LogP contribution in [-0.4, -0.2) is 0 Å². The van der Waals surface area contributed by atoms with Crippen LogP contribution >= 0.6 is 0 Å². The third kappa shape index (κ3) is 5.79. The smallest absolute Gasteiger partial charge is 0.159 e. The Kier molecular flexibility index (Phi) is 8.54. The maximum absolute atomic E-state index is 7.22. The first-order valence-electron chi connectivity index (χ1n) is 24.2. The van der Waals surface area contributed by atoms with Gasteiger partial charge in [-0.05, 0) is 111 Å². The summed E-state index contributed by atoms with van der Waals surface area (Å²) in [4.78, 5) is 2.32. The number of rotatable bonds is 7. The summed E-state index contributed by atoms with van der Waals surface area (Å²) in [5.41, 5.74) is 19.0. The van der Waals surface area contributed by atoms with Gasteiger partial charge < -0.3 is 18.2 Å². The van der Waals surface area contributed by atoms with Gasteiger partial charge in [-0.3, -0.25) is 0 Å². The Labute approximate surface area is 408 Å². The van der Waals surface area contributed by atoms with Gasteiger partial charge in [0.15, 0.2) is 5.58 Å². The first-order valence-corrected chi connectivity index (χ1v) is 24.2. The molecule has 15 rings (SSSR count). The minimum atomic E-state index is -0.567. The molecule has 4 heteroatoms. The van der Waals surface area contributed by atoms with Crippen LogP contribution in [-0.2, 0) is 5.41 Å². The third-order valence-corrected chi connectivity index (χ3v) is 14.9. The summed E-state index contributed by atoms with van der Waals surface area (Å²) in [6, 6.07) is 89.1. The molecule has 3 aromatic heterocycles. The van der Waals surface area contributed by atoms with E-state index in [4.69, 9.17) is 13.3 Å². The molecule has 0 unspecified atom stereocenters. The molecule has 0 radical (unpaired) electrons. The average Bonchev–Trinajstić information content (AvgIpc) is 4.20. The predicted molar refractivity (Wildman–Crippen MR) is 291 cm³/mol. The van der Waals surface area contributed by atoms with Crippen LogP contribution in [0.4, 0.5) is 17.1 Å². The standard InChI is InChI=1S/C67H41NO3/c1-4-18-42(19-5-1)43-20-16-25-47(38-43)68(58-31-17-29-52-51-27-11-14-32-59(51)70-65(52)58)48-35-37-61-54(40-48)55-41-62-64(53-28-12-15-33-60(53)69-62)63(66(55)71-61)44-34-36-50-49-26-10-13-30-56(49)67(57(50)39-44,45-21-6-2-7-22-45)46-23-8-3-9-24-46/h1-41H. The predicted octanol–water partition coefficient (Wildman–Crippen LogP) is 18.6. The van der Waals surface area contributed by atoms with Crippen LogP contribution in [0.3, 0.4) is 0 Å². The molecule has 14 aromatic rings. The molecule has 332 valence electrons. The Bertz CT molecular complexity index is 4370. The Morgan fingerprint density at radius 3 is 1.72 bits per heavy atom. The van der Waals surface area contributed by atoms with Gasteiger partial charge in [0.05, 0.1) is 11.1 Å². The van der Waals surface area contributed by atoms with Gasteiger partial charge in [0, 0.05) is 49.3 Å². The van der Waals surface area contributed by atoms with Crippen molar-refractivity contribution in [3.8, 4) is 33.4 Å². The van der Waals surface area contributed by atoms with E-state index >= 15 is 0 Å². The van der Waals surface area contributed by atoms with E-state index < -0.39 is 5.41 Å². The fraction of sp³-hybridized carbons (Fsp3) is 0.0149. The summed E-state index contributed by atoms with van der Waals surface area (Å²) < 4.78 is 20.8. The quantitative estimate of drug-likeness (QED) is 0.160. The molecule has 4 nitrogen and oxygen atoms in total. The highest BCUT2D eigenvalue weighted by Gasteiger charge is 2.46. The molecule has 71 heavy (non-hydrogen) atoms. The second-order valence-electron chi connectivity index (χ2n) is 18.7. The van der Waals surface area contributed by atoms with Gasteiger partial charge >= 0.3 is 0 Å². The van der Waals surface area contributed by atoms with E-state index in [2.05, 4.69) is 235 Å². The van der Waals surface area contributed by atoms with Gasteiger partial charge in [-0.25, -0.2) is 0 Å². The van der Waals surface area contributed by atoms with Crippen molar-refractivity contribution in [1.82, 2.24) is 0 Å². The van der Waals surface area contributed by atoms with Crippen molar-refractivity contribution in [2.75, 3.05) is 4.90 Å². The van der Waals surface area contributed by atoms with Gasteiger partial charge in [0.2, 0.25) is 0 Å². The Balaban J connectivity index is 0.996. The maximum atomic E-state index is 7.22. The molecule has 0 aliphatic heterocycles. The number of para-hydroxylation sites is 3. The molecule has 0 atom stereocenters. The Morgan fingerprint density at radius 2 is 0.915 bits per heavy atom. The van der Waals surface area contributed by atoms with E-state index in [1.54, 1.807) is 0 Å². The minimum Gasteiger partial charge on any atom is -0.456 e. The number of furan rings is 3. The second kappa shape index (κ2) is 15.3. The monoisotopic (exact) mass is 907 g/mol. The maximum Gasteiger partial charge on any atom is 0.159 e. The average molecular weight is 908 g/mol. The molecule has 3 heterocycles. The van der Waals surface area contributed by atoms with Crippen molar-refractivity contribution in [1.29, 1.82) is 0 Å². The number of benzene rings is 11. The van der Waals surface area contributed by atoms with Crippen molar-refractivity contribution >= 4 is 82.9 Å². The summed E-state index contributed by atoms with van der Waals surface area (Å²) in [5, 5.41) is 6.19. The van der Waals surface area contributed by atoms with E-state index in [0.717, 1.165) is 105 Å². The molecule has 0 N–H and O–H groups in total. The highest BCUT2D eigenvalue weighted by molar-refractivity contribution is 6.24. The zero-order chi connectivity index (χ0) is 46.6. The van der Waals surface area contributed by atoms with Crippen LogP contribution in [0.5, 0.6) is 0 Å². The van der Waals surface area contributed by atoms with Crippen molar-refractivity contribution < 1.29 is 13.3 Å². The van der Waals surface area contributed by atoms with Crippen LogP contribution in [0.2, 0.25) is 0 Å². The van der Waals surface area contributed by atoms with E-state index in [-0.39, 0.29) is 0 Å². The summed E-state index contributed by atoms with van der Waals surface area (Å²) in [7, 11) is 0. The van der Waals surface area contributed by atoms with Crippen LogP contribution in [0.25, 0.3) is 99.2 Å². The van der Waals surface area contributed by atoms with Crippen LogP contribution in [0.1, 0.15) is 22.3 Å². The lowest BCUT2D eigenvalue weighted by atomic mass is 9.67. The highest BCUT2D eigenvalue weighted by Crippen LogP contribution is 2.58. The summed E-state index contributed by atoms with van der Waals surface area (Å²) in [6.45, 7) is 0. The SMILES string of the molecule is c1ccc(-c2cccc(N(c3ccc4oc5c(-c6ccc7c(c6)C(c6ccccc6)(c6ccccc6)c6ccccc6-7)c6c(cc5c4c3)oc3ccccc36)c3cccc4c3oc3ccccc34)c2)cc1. The molecule has 0 amide bonds. The molecular formula is C67H41NO3. The normalized spacial score (nSPS) is 12.9. The van der Waals surface area contributed by atoms with Gasteiger partial charge in [-0.2, -0.15) is 0 Å². The fourth-order valence-electron chi connectivity index (χ4n) is 11.9. The number of fused-ring (bicyclic) bond motifs is 12. The molecule has 0 saturated heterocycles. The molecule has 11 aromatic carbocycles. The Hall–Kier alpha value is -9.38. The number of hydrogen-bond donors (Lipinski definition) is 0. The molecule has 0 spiro atoms. The molecular weight excluding hydrogens is 867 g/mol. The first kappa shape index (κ1) is 39.6. The van der Waals surface area contributed by atoms with Gasteiger partial charge in [-0.1, -0.05) is 188 Å². The van der Waals surface area contributed by atoms with E-state index in [0.29, 0.717) is 0 Å². The largest absolute Gasteiger partial charge is 0.456 e. The number of hydrogen-bond acceptors (Lipinski definition) is 4. The topological polar surface area (TPSA) is 42.7 Å². The summed E-state index contributed by atoms with van der Waals surface area (Å²) >= 11 is 0. The summed E-state index contributed by atoms with van der Waals surface area (Å²) in [5.74, 6) is 0. The van der Waals surface area contributed by atoms with E-state index in [9.17, 15) is 0 Å². The van der Waals surface area contributed by atoms with Crippen LogP contribution < -0.4 is 4.90 Å². The van der Waals surface area contributed by atoms with Gasteiger partial charge in [0.25, 0.3) is 0 Å². The van der Waals surface area contributed by atoms with Gasteiger partial charge in [0.1, 0.15) is 27.9 Å². The Morgan fingerprint density at radius 1 is 0.310 bits per heavy atom.